The summed E-state index contributed by atoms with van der Waals surface area (Å²) in [6.07, 6.45) is 2.36. The Morgan fingerprint density at radius 3 is 2.26 bits per heavy atom. The summed E-state index contributed by atoms with van der Waals surface area (Å²) in [5.41, 5.74) is 4.49. The molecule has 0 bridgehead atoms. The van der Waals surface area contributed by atoms with Crippen LogP contribution in [0.3, 0.4) is 0 Å². The summed E-state index contributed by atoms with van der Waals surface area (Å²) in [4.78, 5) is 0.255. The van der Waals surface area contributed by atoms with Crippen molar-refractivity contribution in [1.82, 2.24) is 0 Å². The fourth-order valence-electron chi connectivity index (χ4n) is 3.24. The zero-order valence-electron chi connectivity index (χ0n) is 16.2. The second-order valence-corrected chi connectivity index (χ2v) is 8.79. The monoisotopic (exact) mass is 391 g/mol. The first-order chi connectivity index (χ1) is 12.7. The highest BCUT2D eigenvalue weighted by Crippen LogP contribution is 2.25. The lowest BCUT2D eigenvalue weighted by atomic mass is 10.1. The van der Waals surface area contributed by atoms with Gasteiger partial charge in [0.2, 0.25) is 0 Å². The van der Waals surface area contributed by atoms with Gasteiger partial charge in [0.1, 0.15) is 0 Å². The molecule has 2 aromatic rings. The number of rotatable bonds is 9. The summed E-state index contributed by atoms with van der Waals surface area (Å²) in [7, 11) is -3.66. The number of hydrogen-bond acceptors (Lipinski definition) is 4. The zero-order chi connectivity index (χ0) is 20.0. The maximum atomic E-state index is 12.8. The van der Waals surface area contributed by atoms with Crippen molar-refractivity contribution in [3.05, 3.63) is 58.7 Å². The summed E-state index contributed by atoms with van der Waals surface area (Å²) in [6, 6.07) is 10.9. The van der Waals surface area contributed by atoms with Gasteiger partial charge in [0.05, 0.1) is 10.6 Å². The number of sulfonamides is 1. The van der Waals surface area contributed by atoms with E-state index < -0.39 is 16.3 Å². The quantitative estimate of drug-likeness (QED) is 0.448. The first-order valence-corrected chi connectivity index (χ1v) is 10.7. The molecule has 0 amide bonds. The summed E-state index contributed by atoms with van der Waals surface area (Å²) < 4.78 is 28.4. The van der Waals surface area contributed by atoms with Crippen molar-refractivity contribution in [3.63, 3.8) is 0 Å². The molecule has 0 atom stereocenters. The lowest BCUT2D eigenvalue weighted by Crippen LogP contribution is -2.15. The molecule has 0 aliphatic heterocycles. The minimum atomic E-state index is -3.66. The van der Waals surface area contributed by atoms with Crippen molar-refractivity contribution in [1.29, 1.82) is 0 Å². The molecule has 0 saturated carbocycles. The van der Waals surface area contributed by atoms with Crippen LogP contribution in [-0.4, -0.2) is 24.9 Å². The van der Waals surface area contributed by atoms with E-state index in [1.54, 1.807) is 18.2 Å². The first-order valence-electron chi connectivity index (χ1n) is 9.25. The number of hydrogen-bond donors (Lipinski definition) is 3. The van der Waals surface area contributed by atoms with Gasteiger partial charge in [-0.15, -0.1) is 0 Å². The Bertz CT molecular complexity index is 852. The van der Waals surface area contributed by atoms with Crippen LogP contribution in [0.2, 0.25) is 0 Å². The van der Waals surface area contributed by atoms with Crippen LogP contribution in [0, 0.1) is 20.8 Å². The molecule has 0 heterocycles. The highest BCUT2D eigenvalue weighted by atomic mass is 32.2. The van der Waals surface area contributed by atoms with Gasteiger partial charge in [-0.25, -0.2) is 8.42 Å². The molecule has 0 aromatic heterocycles. The second kappa shape index (κ2) is 9.35. The third kappa shape index (κ3) is 6.34. The standard InChI is InChI=1S/C21H29NO4S/c1-15-12-16(2)21(17(3)13-15)22-27(25,26)19-10-7-9-18(14-19)8-5-4-6-11-20(23)24/h7,9-10,12-14,20,22-24H,4-6,8,11H2,1-3H3. The largest absolute Gasteiger partial charge is 0.368 e. The molecule has 6 heteroatoms. The third-order valence-corrected chi connectivity index (χ3v) is 5.90. The Kier molecular flexibility index (Phi) is 7.41. The van der Waals surface area contributed by atoms with Crippen LogP contribution in [-0.2, 0) is 16.4 Å². The first kappa shape index (κ1) is 21.4. The summed E-state index contributed by atoms with van der Waals surface area (Å²) in [5, 5.41) is 17.7. The SMILES string of the molecule is Cc1cc(C)c(NS(=O)(=O)c2cccc(CCCCCC(O)O)c2)c(C)c1. The van der Waals surface area contributed by atoms with Crippen LogP contribution in [0.15, 0.2) is 41.3 Å². The van der Waals surface area contributed by atoms with Crippen molar-refractivity contribution < 1.29 is 18.6 Å². The predicted octanol–water partition coefficient (Wildman–Crippen LogP) is 3.83. The minimum absolute atomic E-state index is 0.255. The van der Waals surface area contributed by atoms with Gasteiger partial charge in [-0.1, -0.05) is 36.2 Å². The molecule has 5 nitrogen and oxygen atoms in total. The van der Waals surface area contributed by atoms with Gasteiger partial charge in [-0.3, -0.25) is 4.72 Å². The number of nitrogens with one attached hydrogen (secondary N) is 1. The molecule has 148 valence electrons. The highest BCUT2D eigenvalue weighted by Gasteiger charge is 2.17. The van der Waals surface area contributed by atoms with Crippen LogP contribution < -0.4 is 4.72 Å². The second-order valence-electron chi connectivity index (χ2n) is 7.11. The number of aliphatic hydroxyl groups is 2. The van der Waals surface area contributed by atoms with E-state index >= 15 is 0 Å². The van der Waals surface area contributed by atoms with Gasteiger partial charge in [0.25, 0.3) is 10.0 Å². The van der Waals surface area contributed by atoms with Gasteiger partial charge < -0.3 is 10.2 Å². The fourth-order valence-corrected chi connectivity index (χ4v) is 4.51. The molecular formula is C21H29NO4S. The van der Waals surface area contributed by atoms with Crippen LogP contribution in [0.25, 0.3) is 0 Å². The van der Waals surface area contributed by atoms with Crippen molar-refractivity contribution in [2.75, 3.05) is 4.72 Å². The number of aliphatic hydroxyl groups excluding tert-OH is 1. The van der Waals surface area contributed by atoms with E-state index in [2.05, 4.69) is 4.72 Å². The molecule has 0 aliphatic rings. The number of anilines is 1. The molecule has 2 aromatic carbocycles. The molecule has 0 fully saturated rings. The highest BCUT2D eigenvalue weighted by molar-refractivity contribution is 7.92. The smallest absolute Gasteiger partial charge is 0.261 e. The van der Waals surface area contributed by atoms with Gasteiger partial charge in [0, 0.05) is 0 Å². The Labute approximate surface area is 162 Å². The molecular weight excluding hydrogens is 362 g/mol. The van der Waals surface area contributed by atoms with E-state index in [0.29, 0.717) is 12.1 Å². The van der Waals surface area contributed by atoms with Gasteiger partial charge >= 0.3 is 0 Å². The minimum Gasteiger partial charge on any atom is -0.368 e. The van der Waals surface area contributed by atoms with Gasteiger partial charge in [-0.2, -0.15) is 0 Å². The third-order valence-electron chi connectivity index (χ3n) is 4.55. The summed E-state index contributed by atoms with van der Waals surface area (Å²) >= 11 is 0. The van der Waals surface area contributed by atoms with Crippen molar-refractivity contribution in [3.8, 4) is 0 Å². The zero-order valence-corrected chi connectivity index (χ0v) is 17.0. The number of aryl methyl sites for hydroxylation is 4. The van der Waals surface area contributed by atoms with Crippen molar-refractivity contribution in [2.45, 2.75) is 64.1 Å². The van der Waals surface area contributed by atoms with E-state index in [1.165, 1.54) is 0 Å². The molecule has 3 N–H and O–H groups in total. The van der Waals surface area contributed by atoms with Gasteiger partial charge in [-0.05, 0) is 75.3 Å². The Balaban J connectivity index is 2.08. The van der Waals surface area contributed by atoms with E-state index in [9.17, 15) is 8.42 Å². The van der Waals surface area contributed by atoms with Gasteiger partial charge in [0.15, 0.2) is 6.29 Å². The van der Waals surface area contributed by atoms with E-state index in [-0.39, 0.29) is 4.90 Å². The predicted molar refractivity (Wildman–Crippen MR) is 108 cm³/mol. The topological polar surface area (TPSA) is 86.6 Å². The summed E-state index contributed by atoms with van der Waals surface area (Å²) in [6.45, 7) is 5.79. The number of unbranched alkanes of at least 4 members (excludes halogenated alkanes) is 2. The molecule has 0 saturated heterocycles. The van der Waals surface area contributed by atoms with E-state index in [0.717, 1.165) is 47.9 Å². The molecule has 27 heavy (non-hydrogen) atoms. The normalized spacial score (nSPS) is 11.8. The van der Waals surface area contributed by atoms with Crippen molar-refractivity contribution >= 4 is 15.7 Å². The lowest BCUT2D eigenvalue weighted by molar-refractivity contribution is -0.0465. The lowest BCUT2D eigenvalue weighted by Gasteiger charge is -2.15. The van der Waals surface area contributed by atoms with Crippen molar-refractivity contribution in [2.24, 2.45) is 0 Å². The van der Waals surface area contributed by atoms with Crippen LogP contribution in [0.4, 0.5) is 5.69 Å². The van der Waals surface area contributed by atoms with Crippen LogP contribution in [0.1, 0.15) is 47.9 Å². The average Bonchev–Trinajstić information content (AvgIpc) is 2.58. The summed E-state index contributed by atoms with van der Waals surface area (Å²) in [5.74, 6) is 0. The Hall–Kier alpha value is -1.89. The Morgan fingerprint density at radius 1 is 0.963 bits per heavy atom. The molecule has 0 radical (unpaired) electrons. The molecule has 0 spiro atoms. The fraction of sp³-hybridized carbons (Fsp3) is 0.429. The van der Waals surface area contributed by atoms with Crippen LogP contribution >= 0.6 is 0 Å². The molecule has 0 unspecified atom stereocenters. The Morgan fingerprint density at radius 2 is 1.63 bits per heavy atom. The number of benzene rings is 2. The maximum absolute atomic E-state index is 12.8. The van der Waals surface area contributed by atoms with Crippen LogP contribution in [0.5, 0.6) is 0 Å². The molecule has 0 aliphatic carbocycles. The van der Waals surface area contributed by atoms with E-state index in [4.69, 9.17) is 10.2 Å². The maximum Gasteiger partial charge on any atom is 0.261 e. The molecule has 2 rings (SSSR count). The average molecular weight is 392 g/mol. The van der Waals surface area contributed by atoms with E-state index in [1.807, 2.05) is 39.0 Å².